The number of carbonyl (C=O) groups is 1. The van der Waals surface area contributed by atoms with E-state index in [1.54, 1.807) is 0 Å². The molecule has 0 spiro atoms. The van der Waals surface area contributed by atoms with Gasteiger partial charge in [-0.25, -0.2) is 13.6 Å². The molecule has 3 rings (SSSR count). The van der Waals surface area contributed by atoms with Gasteiger partial charge in [-0.1, -0.05) is 0 Å². The minimum absolute atomic E-state index is 0.00411. The monoisotopic (exact) mass is 383 g/mol. The van der Waals surface area contributed by atoms with Gasteiger partial charge in [0.2, 0.25) is 15.9 Å². The molecule has 1 aliphatic heterocycles. The number of nitrogens with one attached hydrogen (secondary N) is 1. The lowest BCUT2D eigenvalue weighted by molar-refractivity contribution is -0.384. The molecule has 0 unspecified atom stereocenters. The predicted molar refractivity (Wildman–Crippen MR) is 94.3 cm³/mol. The number of hydrogen-bond acceptors (Lipinski definition) is 7. The maximum absolute atomic E-state index is 11.9. The average molecular weight is 383 g/mol. The molecule has 0 atom stereocenters. The smallest absolute Gasteiger partial charge is 0.293 e. The Kier molecular flexibility index (Phi) is 5.12. The van der Waals surface area contributed by atoms with Crippen molar-refractivity contribution in [2.75, 3.05) is 37.6 Å². The van der Waals surface area contributed by atoms with Crippen molar-refractivity contribution in [2.24, 2.45) is 5.14 Å². The van der Waals surface area contributed by atoms with Crippen LogP contribution in [0.1, 0.15) is 12.8 Å². The van der Waals surface area contributed by atoms with Gasteiger partial charge in [-0.15, -0.1) is 0 Å². The maximum atomic E-state index is 11.9. The molecule has 1 saturated heterocycles. The van der Waals surface area contributed by atoms with Gasteiger partial charge >= 0.3 is 0 Å². The van der Waals surface area contributed by atoms with E-state index in [1.165, 1.54) is 12.1 Å². The molecule has 0 radical (unpaired) electrons. The van der Waals surface area contributed by atoms with E-state index in [0.717, 1.165) is 18.9 Å². The highest BCUT2D eigenvalue weighted by molar-refractivity contribution is 7.89. The van der Waals surface area contributed by atoms with E-state index in [2.05, 4.69) is 5.32 Å². The van der Waals surface area contributed by atoms with Gasteiger partial charge in [-0.3, -0.25) is 19.8 Å². The summed E-state index contributed by atoms with van der Waals surface area (Å²) in [5.41, 5.74) is 0.0564. The highest BCUT2D eigenvalue weighted by Gasteiger charge is 2.28. The van der Waals surface area contributed by atoms with Gasteiger partial charge in [-0.2, -0.15) is 0 Å². The number of nitro benzene ring substituents is 1. The Hall–Kier alpha value is -2.24. The van der Waals surface area contributed by atoms with Crippen molar-refractivity contribution < 1.29 is 18.1 Å². The molecule has 1 heterocycles. The van der Waals surface area contributed by atoms with Crippen LogP contribution in [0, 0.1) is 10.1 Å². The Morgan fingerprint density at radius 1 is 1.27 bits per heavy atom. The summed E-state index contributed by atoms with van der Waals surface area (Å²) in [6.45, 7) is 2.51. The van der Waals surface area contributed by atoms with Gasteiger partial charge in [0.25, 0.3) is 5.69 Å². The van der Waals surface area contributed by atoms with Crippen LogP contribution in [-0.4, -0.2) is 62.9 Å². The van der Waals surface area contributed by atoms with Crippen LogP contribution in [0.3, 0.4) is 0 Å². The van der Waals surface area contributed by atoms with Crippen LogP contribution >= 0.6 is 0 Å². The number of hydrogen-bond donors (Lipinski definition) is 2. The first-order valence-corrected chi connectivity index (χ1v) is 9.86. The SMILES string of the molecule is NS(=O)(=O)c1ccc(N2CCN(CC(=O)NC3CC3)CC2)c([N+](=O)[O-])c1. The van der Waals surface area contributed by atoms with Crippen molar-refractivity contribution in [2.45, 2.75) is 23.8 Å². The van der Waals surface area contributed by atoms with Crippen LogP contribution < -0.4 is 15.4 Å². The van der Waals surface area contributed by atoms with Crippen LogP contribution in [0.25, 0.3) is 0 Å². The number of primary sulfonamides is 1. The normalized spacial score (nSPS) is 18.6. The van der Waals surface area contributed by atoms with E-state index in [1.807, 2.05) is 9.80 Å². The lowest BCUT2D eigenvalue weighted by Gasteiger charge is -2.35. The molecule has 1 saturated carbocycles. The van der Waals surface area contributed by atoms with E-state index in [4.69, 9.17) is 5.14 Å². The van der Waals surface area contributed by atoms with Crippen molar-refractivity contribution in [3.05, 3.63) is 28.3 Å². The lowest BCUT2D eigenvalue weighted by Crippen LogP contribution is -2.49. The third kappa shape index (κ3) is 4.48. The summed E-state index contributed by atoms with van der Waals surface area (Å²) in [6, 6.07) is 3.99. The number of anilines is 1. The first-order valence-electron chi connectivity index (χ1n) is 8.32. The van der Waals surface area contributed by atoms with Crippen LogP contribution in [-0.2, 0) is 14.8 Å². The van der Waals surface area contributed by atoms with Crippen molar-refractivity contribution in [3.63, 3.8) is 0 Å². The molecule has 11 heteroatoms. The average Bonchev–Trinajstić information content (AvgIpc) is 3.38. The summed E-state index contributed by atoms with van der Waals surface area (Å²) in [5, 5.41) is 19.3. The van der Waals surface area contributed by atoms with Gasteiger partial charge in [0, 0.05) is 38.3 Å². The third-order valence-electron chi connectivity index (χ3n) is 4.49. The number of piperazine rings is 1. The first kappa shape index (κ1) is 18.5. The van der Waals surface area contributed by atoms with Gasteiger partial charge in [0.15, 0.2) is 0 Å². The summed E-state index contributed by atoms with van der Waals surface area (Å²) in [7, 11) is -4.01. The number of carbonyl (C=O) groups excluding carboxylic acids is 1. The van der Waals surface area contributed by atoms with Gasteiger partial charge < -0.3 is 10.2 Å². The van der Waals surface area contributed by atoms with Crippen LogP contribution in [0.15, 0.2) is 23.1 Å². The molecule has 142 valence electrons. The van der Waals surface area contributed by atoms with Gasteiger partial charge in [-0.05, 0) is 25.0 Å². The van der Waals surface area contributed by atoms with E-state index >= 15 is 0 Å². The van der Waals surface area contributed by atoms with E-state index in [-0.39, 0.29) is 16.5 Å². The molecular formula is C15H21N5O5S. The number of nitrogens with two attached hydrogens (primary N) is 1. The topological polar surface area (TPSA) is 139 Å². The van der Waals surface area contributed by atoms with Crippen LogP contribution in [0.5, 0.6) is 0 Å². The second kappa shape index (κ2) is 7.17. The lowest BCUT2D eigenvalue weighted by atomic mass is 10.2. The minimum Gasteiger partial charge on any atom is -0.363 e. The quantitative estimate of drug-likeness (QED) is 0.505. The number of nitro groups is 1. The molecular weight excluding hydrogens is 362 g/mol. The maximum Gasteiger partial charge on any atom is 0.293 e. The molecule has 1 aromatic carbocycles. The van der Waals surface area contributed by atoms with E-state index in [9.17, 15) is 23.3 Å². The van der Waals surface area contributed by atoms with E-state index < -0.39 is 14.9 Å². The molecule has 1 amide bonds. The van der Waals surface area contributed by atoms with E-state index in [0.29, 0.717) is 44.5 Å². The standard InChI is InChI=1S/C15H21N5O5S/c16-26(24,25)12-3-4-13(14(9-12)20(22)23)19-7-5-18(6-8-19)10-15(21)17-11-1-2-11/h3-4,9,11H,1-2,5-8,10H2,(H,17,21)(H2,16,24,25). The number of nitrogens with zero attached hydrogens (tertiary/aromatic N) is 3. The second-order valence-electron chi connectivity index (χ2n) is 6.56. The Labute approximate surface area is 151 Å². The van der Waals surface area contributed by atoms with Crippen molar-refractivity contribution >= 4 is 27.3 Å². The Balaban J connectivity index is 1.66. The molecule has 3 N–H and O–H groups in total. The Bertz CT molecular complexity index is 816. The minimum atomic E-state index is -4.01. The zero-order valence-electron chi connectivity index (χ0n) is 14.1. The summed E-state index contributed by atoms with van der Waals surface area (Å²) in [6.07, 6.45) is 2.08. The number of sulfonamides is 1. The molecule has 2 fully saturated rings. The molecule has 26 heavy (non-hydrogen) atoms. The van der Waals surface area contributed by atoms with Gasteiger partial charge in [0.05, 0.1) is 16.4 Å². The highest BCUT2D eigenvalue weighted by atomic mass is 32.2. The number of benzene rings is 1. The Morgan fingerprint density at radius 3 is 2.46 bits per heavy atom. The largest absolute Gasteiger partial charge is 0.363 e. The van der Waals surface area contributed by atoms with Crippen LogP contribution in [0.4, 0.5) is 11.4 Å². The zero-order chi connectivity index (χ0) is 18.9. The zero-order valence-corrected chi connectivity index (χ0v) is 14.9. The molecule has 2 aliphatic rings. The van der Waals surface area contributed by atoms with Crippen molar-refractivity contribution in [3.8, 4) is 0 Å². The highest BCUT2D eigenvalue weighted by Crippen LogP contribution is 2.31. The number of amides is 1. The molecule has 0 bridgehead atoms. The fourth-order valence-corrected chi connectivity index (χ4v) is 3.48. The second-order valence-corrected chi connectivity index (χ2v) is 8.12. The number of rotatable bonds is 6. The van der Waals surface area contributed by atoms with Gasteiger partial charge in [0.1, 0.15) is 5.69 Å². The summed E-state index contributed by atoms with van der Waals surface area (Å²) in [5.74, 6) is 0.00411. The summed E-state index contributed by atoms with van der Waals surface area (Å²) >= 11 is 0. The molecule has 1 aliphatic carbocycles. The first-order chi connectivity index (χ1) is 12.2. The molecule has 1 aromatic rings. The predicted octanol–water partition coefficient (Wildman–Crippen LogP) is -0.357. The fourth-order valence-electron chi connectivity index (χ4n) is 2.94. The summed E-state index contributed by atoms with van der Waals surface area (Å²) in [4.78, 5) is 26.1. The fraction of sp³-hybridized carbons (Fsp3) is 0.533. The molecule has 0 aromatic heterocycles. The molecule has 10 nitrogen and oxygen atoms in total. The Morgan fingerprint density at radius 2 is 1.92 bits per heavy atom. The van der Waals surface area contributed by atoms with Crippen molar-refractivity contribution in [1.29, 1.82) is 0 Å². The van der Waals surface area contributed by atoms with Crippen molar-refractivity contribution in [1.82, 2.24) is 10.2 Å². The summed E-state index contributed by atoms with van der Waals surface area (Å²) < 4.78 is 22.8. The van der Waals surface area contributed by atoms with Crippen LogP contribution in [0.2, 0.25) is 0 Å². The third-order valence-corrected chi connectivity index (χ3v) is 5.41.